The van der Waals surface area contributed by atoms with Crippen molar-refractivity contribution in [1.29, 1.82) is 0 Å². The first-order chi connectivity index (χ1) is 10.7. The molecule has 0 bridgehead atoms. The number of hydrogen-bond donors (Lipinski definition) is 1. The standard InChI is InChI=1S/C16H27N3O3/c20-15-11-13(16(21)17-18-7-9-22-10-8-18)12-19(15)14-5-3-1-2-4-6-14/h13-14H,1-12H2,(H,17,21)/t13-/m1/s1. The van der Waals surface area contributed by atoms with Gasteiger partial charge in [0.05, 0.1) is 19.1 Å². The van der Waals surface area contributed by atoms with Crippen LogP contribution in [0.25, 0.3) is 0 Å². The second-order valence-corrected chi connectivity index (χ2v) is 6.67. The fourth-order valence-corrected chi connectivity index (χ4v) is 3.75. The van der Waals surface area contributed by atoms with Crippen molar-refractivity contribution in [3.05, 3.63) is 0 Å². The van der Waals surface area contributed by atoms with Gasteiger partial charge in [-0.15, -0.1) is 0 Å². The third kappa shape index (κ3) is 3.79. The Morgan fingerprint density at radius 3 is 2.45 bits per heavy atom. The number of likely N-dealkylation sites (tertiary alicyclic amines) is 1. The highest BCUT2D eigenvalue weighted by Crippen LogP contribution is 2.28. The van der Waals surface area contributed by atoms with E-state index >= 15 is 0 Å². The number of hydrazine groups is 1. The molecule has 2 heterocycles. The predicted octanol–water partition coefficient (Wildman–Crippen LogP) is 0.921. The highest BCUT2D eigenvalue weighted by Gasteiger charge is 2.38. The number of carbonyl (C=O) groups excluding carboxylic acids is 2. The molecule has 6 heteroatoms. The van der Waals surface area contributed by atoms with Gasteiger partial charge < -0.3 is 9.64 Å². The number of nitrogens with one attached hydrogen (secondary N) is 1. The summed E-state index contributed by atoms with van der Waals surface area (Å²) < 4.78 is 5.28. The second-order valence-electron chi connectivity index (χ2n) is 6.67. The zero-order chi connectivity index (χ0) is 15.4. The summed E-state index contributed by atoms with van der Waals surface area (Å²) in [5.74, 6) is -0.0426. The molecular weight excluding hydrogens is 282 g/mol. The Morgan fingerprint density at radius 1 is 1.09 bits per heavy atom. The lowest BCUT2D eigenvalue weighted by Gasteiger charge is -2.29. The van der Waals surface area contributed by atoms with Crippen molar-refractivity contribution < 1.29 is 14.3 Å². The van der Waals surface area contributed by atoms with Crippen LogP contribution in [0.2, 0.25) is 0 Å². The summed E-state index contributed by atoms with van der Waals surface area (Å²) in [5, 5.41) is 1.91. The van der Waals surface area contributed by atoms with E-state index < -0.39 is 0 Å². The second kappa shape index (κ2) is 7.42. The highest BCUT2D eigenvalue weighted by molar-refractivity contribution is 5.89. The molecule has 2 saturated heterocycles. The maximum atomic E-state index is 12.4. The van der Waals surface area contributed by atoms with Crippen LogP contribution >= 0.6 is 0 Å². The number of nitrogens with zero attached hydrogens (tertiary/aromatic N) is 2. The molecule has 6 nitrogen and oxygen atoms in total. The third-order valence-electron chi connectivity index (χ3n) is 5.07. The molecule has 1 atom stereocenters. The number of hydrogen-bond acceptors (Lipinski definition) is 4. The van der Waals surface area contributed by atoms with E-state index in [2.05, 4.69) is 5.43 Å². The van der Waals surface area contributed by atoms with Crippen LogP contribution in [0.4, 0.5) is 0 Å². The van der Waals surface area contributed by atoms with Gasteiger partial charge in [-0.3, -0.25) is 15.0 Å². The van der Waals surface area contributed by atoms with Crippen LogP contribution in [0.5, 0.6) is 0 Å². The largest absolute Gasteiger partial charge is 0.379 e. The van der Waals surface area contributed by atoms with Crippen LogP contribution < -0.4 is 5.43 Å². The van der Waals surface area contributed by atoms with Gasteiger partial charge in [-0.05, 0) is 12.8 Å². The molecule has 124 valence electrons. The van der Waals surface area contributed by atoms with Gasteiger partial charge in [0, 0.05) is 32.1 Å². The van der Waals surface area contributed by atoms with E-state index in [1.807, 2.05) is 9.91 Å². The molecule has 1 saturated carbocycles. The predicted molar refractivity (Wildman–Crippen MR) is 81.8 cm³/mol. The molecule has 2 aliphatic heterocycles. The van der Waals surface area contributed by atoms with Crippen molar-refractivity contribution in [2.75, 3.05) is 32.8 Å². The molecule has 22 heavy (non-hydrogen) atoms. The van der Waals surface area contributed by atoms with E-state index in [9.17, 15) is 9.59 Å². The highest BCUT2D eigenvalue weighted by atomic mass is 16.5. The molecule has 0 aromatic carbocycles. The monoisotopic (exact) mass is 309 g/mol. The maximum absolute atomic E-state index is 12.4. The first kappa shape index (κ1) is 15.7. The van der Waals surface area contributed by atoms with E-state index in [0.717, 1.165) is 25.9 Å². The Morgan fingerprint density at radius 2 is 1.77 bits per heavy atom. The molecule has 1 aliphatic carbocycles. The minimum absolute atomic E-state index is 0.00799. The number of carbonyl (C=O) groups is 2. The molecule has 2 amide bonds. The Labute approximate surface area is 132 Å². The normalized spacial score (nSPS) is 28.6. The molecule has 0 spiro atoms. The summed E-state index contributed by atoms with van der Waals surface area (Å²) in [7, 11) is 0. The van der Waals surface area contributed by atoms with Crippen LogP contribution in [-0.4, -0.2) is 60.6 Å². The van der Waals surface area contributed by atoms with Gasteiger partial charge in [0.15, 0.2) is 0 Å². The average Bonchev–Trinajstić information content (AvgIpc) is 2.74. The van der Waals surface area contributed by atoms with Gasteiger partial charge in [-0.2, -0.15) is 0 Å². The maximum Gasteiger partial charge on any atom is 0.239 e. The summed E-state index contributed by atoms with van der Waals surface area (Å²) in [6.07, 6.45) is 7.54. The Hall–Kier alpha value is -1.14. The SMILES string of the molecule is O=C(NN1CCOCC1)[C@@H]1CC(=O)N(C2CCCCCC2)C1. The average molecular weight is 309 g/mol. The lowest BCUT2D eigenvalue weighted by molar-refractivity contribution is -0.133. The van der Waals surface area contributed by atoms with Crippen molar-refractivity contribution in [2.45, 2.75) is 51.0 Å². The number of ether oxygens (including phenoxy) is 1. The van der Waals surface area contributed by atoms with Gasteiger partial charge in [0.25, 0.3) is 0 Å². The molecule has 3 aliphatic rings. The zero-order valence-electron chi connectivity index (χ0n) is 13.3. The molecule has 1 N–H and O–H groups in total. The van der Waals surface area contributed by atoms with Crippen molar-refractivity contribution in [3.8, 4) is 0 Å². The van der Waals surface area contributed by atoms with Crippen LogP contribution in [-0.2, 0) is 14.3 Å². The molecule has 0 radical (unpaired) electrons. The van der Waals surface area contributed by atoms with Gasteiger partial charge in [-0.1, -0.05) is 25.7 Å². The van der Waals surface area contributed by atoms with E-state index in [1.165, 1.54) is 25.7 Å². The van der Waals surface area contributed by atoms with Crippen LogP contribution in [0.15, 0.2) is 0 Å². The Bertz CT molecular complexity index is 401. The van der Waals surface area contributed by atoms with E-state index in [4.69, 9.17) is 4.74 Å². The number of rotatable bonds is 3. The van der Waals surface area contributed by atoms with Crippen LogP contribution in [0.3, 0.4) is 0 Å². The van der Waals surface area contributed by atoms with Gasteiger partial charge >= 0.3 is 0 Å². The molecule has 3 rings (SSSR count). The third-order valence-corrected chi connectivity index (χ3v) is 5.07. The molecule has 3 fully saturated rings. The molecule has 0 unspecified atom stereocenters. The summed E-state index contributed by atoms with van der Waals surface area (Å²) in [5.41, 5.74) is 2.95. The molecule has 0 aromatic rings. The lowest BCUT2D eigenvalue weighted by atomic mass is 10.1. The van der Waals surface area contributed by atoms with E-state index in [0.29, 0.717) is 32.2 Å². The smallest absolute Gasteiger partial charge is 0.239 e. The summed E-state index contributed by atoms with van der Waals surface area (Å²) >= 11 is 0. The fourth-order valence-electron chi connectivity index (χ4n) is 3.75. The van der Waals surface area contributed by atoms with Crippen molar-refractivity contribution in [2.24, 2.45) is 5.92 Å². The fraction of sp³-hybridized carbons (Fsp3) is 0.875. The van der Waals surface area contributed by atoms with Gasteiger partial charge in [0.1, 0.15) is 0 Å². The Kier molecular flexibility index (Phi) is 5.31. The summed E-state index contributed by atoms with van der Waals surface area (Å²) in [4.78, 5) is 26.7. The number of amides is 2. The van der Waals surface area contributed by atoms with Crippen molar-refractivity contribution in [3.63, 3.8) is 0 Å². The quantitative estimate of drug-likeness (QED) is 0.788. The molecular formula is C16H27N3O3. The summed E-state index contributed by atoms with van der Waals surface area (Å²) in [6.45, 7) is 3.34. The lowest BCUT2D eigenvalue weighted by Crippen LogP contribution is -2.50. The van der Waals surface area contributed by atoms with Crippen molar-refractivity contribution >= 4 is 11.8 Å². The minimum Gasteiger partial charge on any atom is -0.379 e. The first-order valence-electron chi connectivity index (χ1n) is 8.66. The van der Waals surface area contributed by atoms with Crippen molar-refractivity contribution in [1.82, 2.24) is 15.3 Å². The van der Waals surface area contributed by atoms with Gasteiger partial charge in [0.2, 0.25) is 11.8 Å². The zero-order valence-corrected chi connectivity index (χ0v) is 13.3. The van der Waals surface area contributed by atoms with Crippen LogP contribution in [0.1, 0.15) is 44.9 Å². The van der Waals surface area contributed by atoms with E-state index in [-0.39, 0.29) is 17.7 Å². The first-order valence-corrected chi connectivity index (χ1v) is 8.66. The topological polar surface area (TPSA) is 61.9 Å². The van der Waals surface area contributed by atoms with Crippen LogP contribution in [0, 0.1) is 5.92 Å². The number of morpholine rings is 1. The molecule has 0 aromatic heterocycles. The summed E-state index contributed by atoms with van der Waals surface area (Å²) in [6, 6.07) is 0.358. The Balaban J connectivity index is 1.52. The van der Waals surface area contributed by atoms with Gasteiger partial charge in [-0.25, -0.2) is 5.01 Å². The minimum atomic E-state index is -0.196. The van der Waals surface area contributed by atoms with E-state index in [1.54, 1.807) is 0 Å².